The molecule has 4 nitrogen and oxygen atoms in total. The Bertz CT molecular complexity index is 504. The summed E-state index contributed by atoms with van der Waals surface area (Å²) in [4.78, 5) is 10.8. The molecule has 0 atom stereocenters. The Hall–Kier alpha value is -1.81. The van der Waals surface area contributed by atoms with Gasteiger partial charge >= 0.3 is 0 Å². The molecule has 0 saturated heterocycles. The van der Waals surface area contributed by atoms with E-state index >= 15 is 0 Å². The van der Waals surface area contributed by atoms with Gasteiger partial charge in [-0.15, -0.1) is 0 Å². The Labute approximate surface area is 93.7 Å². The molecule has 1 aromatic carbocycles. The summed E-state index contributed by atoms with van der Waals surface area (Å²) >= 11 is 0. The van der Waals surface area contributed by atoms with Crippen molar-refractivity contribution in [2.45, 2.75) is 13.5 Å². The van der Waals surface area contributed by atoms with Gasteiger partial charge in [-0.25, -0.2) is 5.06 Å². The molecule has 0 radical (unpaired) electrons. The quantitative estimate of drug-likeness (QED) is 0.631. The van der Waals surface area contributed by atoms with E-state index in [-0.39, 0.29) is 5.91 Å². The Morgan fingerprint density at radius 1 is 1.38 bits per heavy atom. The van der Waals surface area contributed by atoms with Gasteiger partial charge in [-0.05, 0) is 17.5 Å². The fourth-order valence-electron chi connectivity index (χ4n) is 1.70. The van der Waals surface area contributed by atoms with Crippen LogP contribution < -0.4 is 0 Å². The Kier molecular flexibility index (Phi) is 2.92. The lowest BCUT2D eigenvalue weighted by atomic mass is 10.2. The summed E-state index contributed by atoms with van der Waals surface area (Å²) in [5, 5.41) is 11.2. The second kappa shape index (κ2) is 4.37. The summed E-state index contributed by atoms with van der Waals surface area (Å²) in [6.07, 6.45) is 1.96. The van der Waals surface area contributed by atoms with Gasteiger partial charge in [0.05, 0.1) is 6.54 Å². The van der Waals surface area contributed by atoms with E-state index in [2.05, 4.69) is 0 Å². The number of para-hydroxylation sites is 1. The van der Waals surface area contributed by atoms with E-state index in [1.807, 2.05) is 41.1 Å². The molecule has 4 heteroatoms. The highest BCUT2D eigenvalue weighted by Gasteiger charge is 2.05. The number of rotatable bonds is 3. The van der Waals surface area contributed by atoms with Crippen molar-refractivity contribution in [1.29, 1.82) is 0 Å². The predicted molar refractivity (Wildman–Crippen MR) is 61.1 cm³/mol. The van der Waals surface area contributed by atoms with Crippen molar-refractivity contribution >= 4 is 16.8 Å². The number of hydrogen-bond acceptors (Lipinski definition) is 2. The molecule has 0 aliphatic carbocycles. The zero-order valence-corrected chi connectivity index (χ0v) is 9.13. The van der Waals surface area contributed by atoms with Crippen molar-refractivity contribution < 1.29 is 10.0 Å². The van der Waals surface area contributed by atoms with Gasteiger partial charge in [0.25, 0.3) is 0 Å². The van der Waals surface area contributed by atoms with Crippen LogP contribution in [0.4, 0.5) is 0 Å². The van der Waals surface area contributed by atoms with Crippen LogP contribution in [0.3, 0.4) is 0 Å². The molecule has 1 N–H and O–H groups in total. The normalized spacial score (nSPS) is 10.6. The number of nitrogens with zero attached hydrogens (tertiary/aromatic N) is 2. The number of fused-ring (bicyclic) bond motifs is 1. The third kappa shape index (κ3) is 2.06. The van der Waals surface area contributed by atoms with Gasteiger partial charge < -0.3 is 4.57 Å². The zero-order chi connectivity index (χ0) is 11.5. The van der Waals surface area contributed by atoms with Gasteiger partial charge in [-0.2, -0.15) is 0 Å². The van der Waals surface area contributed by atoms with Gasteiger partial charge in [0, 0.05) is 25.2 Å². The standard InChI is InChI=1S/C12H14N2O2/c1-10(15)14(16)9-8-13-7-6-11-4-2-3-5-12(11)13/h2-7,16H,8-9H2,1H3. The van der Waals surface area contributed by atoms with Crippen molar-refractivity contribution in [3.8, 4) is 0 Å². The molecule has 0 spiro atoms. The van der Waals surface area contributed by atoms with Crippen molar-refractivity contribution in [1.82, 2.24) is 9.63 Å². The van der Waals surface area contributed by atoms with Gasteiger partial charge in [-0.3, -0.25) is 10.0 Å². The first-order valence-corrected chi connectivity index (χ1v) is 5.19. The predicted octanol–water partition coefficient (Wildman–Crippen LogP) is 1.88. The Balaban J connectivity index is 2.13. The second-order valence-electron chi connectivity index (χ2n) is 3.71. The molecule has 16 heavy (non-hydrogen) atoms. The highest BCUT2D eigenvalue weighted by Crippen LogP contribution is 2.14. The zero-order valence-electron chi connectivity index (χ0n) is 9.13. The minimum Gasteiger partial charge on any atom is -0.346 e. The van der Waals surface area contributed by atoms with E-state index in [0.29, 0.717) is 13.1 Å². The number of hydrogen-bond donors (Lipinski definition) is 1. The SMILES string of the molecule is CC(=O)N(O)CCn1ccc2ccccc21. The maximum atomic E-state index is 10.8. The van der Waals surface area contributed by atoms with Crippen molar-refractivity contribution in [2.75, 3.05) is 6.54 Å². The number of aromatic nitrogens is 1. The summed E-state index contributed by atoms with van der Waals surface area (Å²) in [7, 11) is 0. The summed E-state index contributed by atoms with van der Waals surface area (Å²) in [5.41, 5.74) is 1.11. The third-order valence-electron chi connectivity index (χ3n) is 2.60. The molecule has 2 rings (SSSR count). The average Bonchev–Trinajstić information content (AvgIpc) is 2.69. The van der Waals surface area contributed by atoms with Gasteiger partial charge in [-0.1, -0.05) is 18.2 Å². The van der Waals surface area contributed by atoms with Crippen LogP contribution in [0.15, 0.2) is 36.5 Å². The highest BCUT2D eigenvalue weighted by atomic mass is 16.5. The van der Waals surface area contributed by atoms with E-state index in [1.165, 1.54) is 6.92 Å². The van der Waals surface area contributed by atoms with E-state index in [9.17, 15) is 10.0 Å². The molecule has 84 valence electrons. The van der Waals surface area contributed by atoms with Crippen LogP contribution in [0, 0.1) is 0 Å². The van der Waals surface area contributed by atoms with Gasteiger partial charge in [0.15, 0.2) is 0 Å². The van der Waals surface area contributed by atoms with Crippen molar-refractivity contribution in [2.24, 2.45) is 0 Å². The van der Waals surface area contributed by atoms with Crippen LogP contribution in [-0.4, -0.2) is 27.3 Å². The first-order valence-electron chi connectivity index (χ1n) is 5.19. The molecular formula is C12H14N2O2. The van der Waals surface area contributed by atoms with Crippen LogP contribution in [0.2, 0.25) is 0 Å². The molecule has 1 heterocycles. The smallest absolute Gasteiger partial charge is 0.242 e. The maximum Gasteiger partial charge on any atom is 0.242 e. The molecule has 0 bridgehead atoms. The molecule has 0 fully saturated rings. The number of carbonyl (C=O) groups is 1. The van der Waals surface area contributed by atoms with Gasteiger partial charge in [0.2, 0.25) is 5.91 Å². The largest absolute Gasteiger partial charge is 0.346 e. The maximum absolute atomic E-state index is 10.8. The van der Waals surface area contributed by atoms with Crippen LogP contribution >= 0.6 is 0 Å². The second-order valence-corrected chi connectivity index (χ2v) is 3.71. The molecule has 0 aliphatic heterocycles. The molecule has 1 aromatic heterocycles. The number of benzene rings is 1. The number of hydroxylamine groups is 2. The lowest BCUT2D eigenvalue weighted by Gasteiger charge is -2.13. The molecular weight excluding hydrogens is 204 g/mol. The van der Waals surface area contributed by atoms with Crippen LogP contribution in [0.25, 0.3) is 10.9 Å². The minimum absolute atomic E-state index is 0.300. The molecule has 2 aromatic rings. The minimum atomic E-state index is -0.337. The molecule has 0 unspecified atom stereocenters. The monoisotopic (exact) mass is 218 g/mol. The van der Waals surface area contributed by atoms with E-state index in [1.54, 1.807) is 0 Å². The van der Waals surface area contributed by atoms with E-state index in [4.69, 9.17) is 0 Å². The first kappa shape index (κ1) is 10.7. The van der Waals surface area contributed by atoms with E-state index < -0.39 is 0 Å². The van der Waals surface area contributed by atoms with Gasteiger partial charge in [0.1, 0.15) is 0 Å². The Morgan fingerprint density at radius 3 is 2.88 bits per heavy atom. The fourth-order valence-corrected chi connectivity index (χ4v) is 1.70. The van der Waals surface area contributed by atoms with E-state index in [0.717, 1.165) is 16.0 Å². The van der Waals surface area contributed by atoms with Crippen LogP contribution in [0.1, 0.15) is 6.92 Å². The molecule has 1 amide bonds. The highest BCUT2D eigenvalue weighted by molar-refractivity contribution is 5.79. The summed E-state index contributed by atoms with van der Waals surface area (Å²) < 4.78 is 2.02. The van der Waals surface area contributed by atoms with Crippen molar-refractivity contribution in [3.63, 3.8) is 0 Å². The lowest BCUT2D eigenvalue weighted by molar-refractivity contribution is -0.163. The topological polar surface area (TPSA) is 45.5 Å². The van der Waals surface area contributed by atoms with Crippen LogP contribution in [-0.2, 0) is 11.3 Å². The fraction of sp³-hybridized carbons (Fsp3) is 0.250. The summed E-state index contributed by atoms with van der Waals surface area (Å²) in [6, 6.07) is 10.0. The number of amides is 1. The lowest BCUT2D eigenvalue weighted by Crippen LogP contribution is -2.28. The number of carbonyl (C=O) groups excluding carboxylic acids is 1. The summed E-state index contributed by atoms with van der Waals surface area (Å²) in [6.45, 7) is 2.23. The van der Waals surface area contributed by atoms with Crippen molar-refractivity contribution in [3.05, 3.63) is 36.5 Å². The van der Waals surface area contributed by atoms with Crippen LogP contribution in [0.5, 0.6) is 0 Å². The third-order valence-corrected chi connectivity index (χ3v) is 2.60. The average molecular weight is 218 g/mol. The summed E-state index contributed by atoms with van der Waals surface area (Å²) in [5.74, 6) is -0.337. The molecule has 0 aliphatic rings. The first-order chi connectivity index (χ1) is 7.68. The molecule has 0 saturated carbocycles. The Morgan fingerprint density at radius 2 is 2.12 bits per heavy atom.